The number of fused-ring (bicyclic) bond motifs is 1. The first-order valence-electron chi connectivity index (χ1n) is 5.26. The third-order valence-electron chi connectivity index (χ3n) is 3.02. The van der Waals surface area contributed by atoms with Gasteiger partial charge in [0.2, 0.25) is 0 Å². The van der Waals surface area contributed by atoms with Crippen molar-refractivity contribution in [1.82, 2.24) is 20.2 Å². The maximum absolute atomic E-state index is 5.14. The largest absolute Gasteiger partial charge is 0.497 e. The van der Waals surface area contributed by atoms with Crippen LogP contribution < -0.4 is 4.74 Å². The molecule has 1 aliphatic heterocycles. The fourth-order valence-electron chi connectivity index (χ4n) is 2.10. The number of ether oxygens (including phenoxy) is 1. The van der Waals surface area contributed by atoms with E-state index in [1.807, 2.05) is 16.8 Å². The van der Waals surface area contributed by atoms with E-state index in [0.29, 0.717) is 5.92 Å². The molecule has 0 amide bonds. The number of aromatic nitrogens is 4. The Hall–Kier alpha value is -1.91. The molecule has 0 aliphatic carbocycles. The van der Waals surface area contributed by atoms with Crippen molar-refractivity contribution in [2.45, 2.75) is 18.9 Å². The Kier molecular flexibility index (Phi) is 2.09. The Morgan fingerprint density at radius 3 is 2.81 bits per heavy atom. The first-order valence-corrected chi connectivity index (χ1v) is 5.26. The molecular weight excluding hydrogens is 204 g/mol. The van der Waals surface area contributed by atoms with Crippen LogP contribution in [0.15, 0.2) is 24.3 Å². The number of benzene rings is 1. The van der Waals surface area contributed by atoms with Crippen LogP contribution in [-0.4, -0.2) is 27.3 Å². The number of hydrogen-bond acceptors (Lipinski definition) is 4. The minimum atomic E-state index is 0.462. The molecule has 0 N–H and O–H groups in total. The van der Waals surface area contributed by atoms with E-state index in [4.69, 9.17) is 4.74 Å². The van der Waals surface area contributed by atoms with Crippen molar-refractivity contribution in [2.75, 3.05) is 7.11 Å². The Balaban J connectivity index is 1.82. The highest BCUT2D eigenvalue weighted by Crippen LogP contribution is 2.28. The zero-order valence-electron chi connectivity index (χ0n) is 9.00. The molecule has 5 nitrogen and oxygen atoms in total. The topological polar surface area (TPSA) is 52.8 Å². The van der Waals surface area contributed by atoms with Gasteiger partial charge in [-0.15, -0.1) is 5.10 Å². The molecule has 1 unspecified atom stereocenters. The van der Waals surface area contributed by atoms with Crippen LogP contribution in [0, 0.1) is 0 Å². The molecule has 3 rings (SSSR count). The molecule has 0 saturated heterocycles. The van der Waals surface area contributed by atoms with E-state index in [1.165, 1.54) is 5.56 Å². The molecule has 1 atom stereocenters. The Morgan fingerprint density at radius 2 is 2.12 bits per heavy atom. The zero-order chi connectivity index (χ0) is 11.0. The minimum Gasteiger partial charge on any atom is -0.497 e. The van der Waals surface area contributed by atoms with Gasteiger partial charge in [0.25, 0.3) is 0 Å². The first kappa shape index (κ1) is 9.33. The van der Waals surface area contributed by atoms with Gasteiger partial charge in [0.1, 0.15) is 5.75 Å². The first-order chi connectivity index (χ1) is 7.86. The predicted molar refractivity (Wildman–Crippen MR) is 57.3 cm³/mol. The maximum Gasteiger partial charge on any atom is 0.151 e. The van der Waals surface area contributed by atoms with Crippen molar-refractivity contribution in [3.8, 4) is 5.75 Å². The van der Waals surface area contributed by atoms with Crippen molar-refractivity contribution in [2.24, 2.45) is 0 Å². The molecule has 0 fully saturated rings. The highest BCUT2D eigenvalue weighted by atomic mass is 16.5. The van der Waals surface area contributed by atoms with Gasteiger partial charge in [0.15, 0.2) is 5.82 Å². The van der Waals surface area contributed by atoms with Gasteiger partial charge in [-0.25, -0.2) is 4.68 Å². The van der Waals surface area contributed by atoms with Crippen LogP contribution in [0.3, 0.4) is 0 Å². The summed E-state index contributed by atoms with van der Waals surface area (Å²) >= 11 is 0. The van der Waals surface area contributed by atoms with Gasteiger partial charge in [-0.1, -0.05) is 12.1 Å². The molecule has 16 heavy (non-hydrogen) atoms. The maximum atomic E-state index is 5.14. The number of tetrazole rings is 1. The van der Waals surface area contributed by atoms with E-state index in [1.54, 1.807) is 7.11 Å². The molecule has 0 bridgehead atoms. The van der Waals surface area contributed by atoms with Gasteiger partial charge in [0.05, 0.1) is 13.7 Å². The zero-order valence-corrected chi connectivity index (χ0v) is 9.00. The summed E-state index contributed by atoms with van der Waals surface area (Å²) in [4.78, 5) is 0. The summed E-state index contributed by atoms with van der Waals surface area (Å²) in [6.07, 6.45) is 0.916. The fraction of sp³-hybridized carbons (Fsp3) is 0.364. The van der Waals surface area contributed by atoms with Crippen LogP contribution in [0.4, 0.5) is 0 Å². The van der Waals surface area contributed by atoms with Crippen LogP contribution in [0.25, 0.3) is 0 Å². The third kappa shape index (κ3) is 1.44. The highest BCUT2D eigenvalue weighted by Gasteiger charge is 2.25. The summed E-state index contributed by atoms with van der Waals surface area (Å²) in [6, 6.07) is 8.18. The third-order valence-corrected chi connectivity index (χ3v) is 3.02. The van der Waals surface area contributed by atoms with E-state index in [-0.39, 0.29) is 0 Å². The lowest BCUT2D eigenvalue weighted by molar-refractivity contribution is 0.414. The standard InChI is InChI=1S/C11H12N4O/c1-16-10-4-2-8(3-5-10)9-6-11-12-13-14-15(11)7-9/h2-5,9H,6-7H2,1H3. The van der Waals surface area contributed by atoms with Crippen LogP contribution in [0.1, 0.15) is 17.3 Å². The normalized spacial score (nSPS) is 18.4. The highest BCUT2D eigenvalue weighted by molar-refractivity contribution is 5.30. The number of methoxy groups -OCH3 is 1. The summed E-state index contributed by atoms with van der Waals surface area (Å²) in [5.41, 5.74) is 1.30. The van der Waals surface area contributed by atoms with Crippen molar-refractivity contribution in [3.63, 3.8) is 0 Å². The van der Waals surface area contributed by atoms with Crippen molar-refractivity contribution >= 4 is 0 Å². The summed E-state index contributed by atoms with van der Waals surface area (Å²) in [7, 11) is 1.68. The van der Waals surface area contributed by atoms with Gasteiger partial charge in [-0.2, -0.15) is 0 Å². The van der Waals surface area contributed by atoms with E-state index >= 15 is 0 Å². The van der Waals surface area contributed by atoms with Gasteiger partial charge in [-0.3, -0.25) is 0 Å². The second kappa shape index (κ2) is 3.59. The van der Waals surface area contributed by atoms with Crippen molar-refractivity contribution in [3.05, 3.63) is 35.7 Å². The quantitative estimate of drug-likeness (QED) is 0.752. The van der Waals surface area contributed by atoms with Crippen LogP contribution in [0.5, 0.6) is 5.75 Å². The summed E-state index contributed by atoms with van der Waals surface area (Å²) < 4.78 is 7.01. The number of rotatable bonds is 2. The van der Waals surface area contributed by atoms with Gasteiger partial charge < -0.3 is 4.74 Å². The smallest absolute Gasteiger partial charge is 0.151 e. The molecule has 5 heteroatoms. The van der Waals surface area contributed by atoms with Crippen LogP contribution in [-0.2, 0) is 13.0 Å². The van der Waals surface area contributed by atoms with Gasteiger partial charge in [0, 0.05) is 12.3 Å². The van der Waals surface area contributed by atoms with E-state index < -0.39 is 0 Å². The lowest BCUT2D eigenvalue weighted by Crippen LogP contribution is -2.02. The summed E-state index contributed by atoms with van der Waals surface area (Å²) in [5.74, 6) is 2.32. The Labute approximate surface area is 93.0 Å². The van der Waals surface area contributed by atoms with Crippen molar-refractivity contribution < 1.29 is 4.74 Å². The lowest BCUT2D eigenvalue weighted by atomic mass is 9.98. The lowest BCUT2D eigenvalue weighted by Gasteiger charge is -2.09. The predicted octanol–water partition coefficient (Wildman–Crippen LogP) is 1.02. The molecule has 82 valence electrons. The van der Waals surface area contributed by atoms with Crippen LogP contribution >= 0.6 is 0 Å². The molecular formula is C11H12N4O. The Morgan fingerprint density at radius 1 is 1.31 bits per heavy atom. The fourth-order valence-corrected chi connectivity index (χ4v) is 2.10. The van der Waals surface area contributed by atoms with E-state index in [9.17, 15) is 0 Å². The number of nitrogens with zero attached hydrogens (tertiary/aromatic N) is 4. The SMILES string of the molecule is COc1ccc(C2Cc3nnnn3C2)cc1. The Bertz CT molecular complexity index is 470. The molecule has 1 aromatic heterocycles. The monoisotopic (exact) mass is 216 g/mol. The van der Waals surface area contributed by atoms with E-state index in [0.717, 1.165) is 24.5 Å². The average molecular weight is 216 g/mol. The van der Waals surface area contributed by atoms with E-state index in [2.05, 4.69) is 27.7 Å². The second-order valence-corrected chi connectivity index (χ2v) is 3.95. The molecule has 1 aromatic carbocycles. The molecule has 1 aliphatic rings. The summed E-state index contributed by atoms with van der Waals surface area (Å²) in [6.45, 7) is 0.870. The average Bonchev–Trinajstić information content (AvgIpc) is 2.89. The summed E-state index contributed by atoms with van der Waals surface area (Å²) in [5, 5.41) is 11.6. The number of hydrogen-bond donors (Lipinski definition) is 0. The molecule has 0 saturated carbocycles. The van der Waals surface area contributed by atoms with Crippen molar-refractivity contribution in [1.29, 1.82) is 0 Å². The molecule has 2 heterocycles. The molecule has 2 aromatic rings. The second-order valence-electron chi connectivity index (χ2n) is 3.95. The molecule has 0 spiro atoms. The van der Waals surface area contributed by atoms with Gasteiger partial charge >= 0.3 is 0 Å². The van der Waals surface area contributed by atoms with Crippen LogP contribution in [0.2, 0.25) is 0 Å². The minimum absolute atomic E-state index is 0.462. The van der Waals surface area contributed by atoms with Gasteiger partial charge in [-0.05, 0) is 28.1 Å². The molecule has 0 radical (unpaired) electrons.